The van der Waals surface area contributed by atoms with Crippen LogP contribution in [-0.4, -0.2) is 24.5 Å². The van der Waals surface area contributed by atoms with Crippen molar-refractivity contribution in [1.29, 1.82) is 0 Å². The van der Waals surface area contributed by atoms with Gasteiger partial charge in [0.25, 0.3) is 0 Å². The van der Waals surface area contributed by atoms with Crippen LogP contribution in [0.4, 0.5) is 0 Å². The molecule has 0 saturated heterocycles. The lowest BCUT2D eigenvalue weighted by Crippen LogP contribution is -2.27. The summed E-state index contributed by atoms with van der Waals surface area (Å²) >= 11 is 3.50. The van der Waals surface area contributed by atoms with Gasteiger partial charge in [-0.05, 0) is 48.7 Å². The maximum absolute atomic E-state index is 12.4. The van der Waals surface area contributed by atoms with E-state index in [4.69, 9.17) is 4.74 Å². The Labute approximate surface area is 155 Å². The van der Waals surface area contributed by atoms with E-state index in [0.717, 1.165) is 44.4 Å². The maximum atomic E-state index is 12.4. The van der Waals surface area contributed by atoms with Crippen molar-refractivity contribution < 1.29 is 9.53 Å². The standard InChI is InChI=1S/C20H21BrN2O2/c1-13-16(17-11-15(21)7-8-18(17)23-13)12-20(24)22-10-9-14-5-3-4-6-19(14)25-2/h3-8,11,23H,9-10,12H2,1-2H3,(H,22,24). The second kappa shape index (κ2) is 7.74. The van der Waals surface area contributed by atoms with Crippen LogP contribution in [0, 0.1) is 6.92 Å². The summed E-state index contributed by atoms with van der Waals surface area (Å²) in [7, 11) is 1.66. The molecular formula is C20H21BrN2O2. The van der Waals surface area contributed by atoms with Gasteiger partial charge in [0.05, 0.1) is 13.5 Å². The summed E-state index contributed by atoms with van der Waals surface area (Å²) in [6.07, 6.45) is 1.11. The van der Waals surface area contributed by atoms with E-state index < -0.39 is 0 Å². The Morgan fingerprint density at radius 1 is 1.24 bits per heavy atom. The summed E-state index contributed by atoms with van der Waals surface area (Å²) in [6.45, 7) is 2.59. The number of aromatic nitrogens is 1. The van der Waals surface area contributed by atoms with Crippen molar-refractivity contribution in [3.63, 3.8) is 0 Å². The molecule has 0 spiro atoms. The number of benzene rings is 2. The largest absolute Gasteiger partial charge is 0.496 e. The Hall–Kier alpha value is -2.27. The third-order valence-corrected chi connectivity index (χ3v) is 4.82. The second-order valence-corrected chi connectivity index (χ2v) is 6.92. The highest BCUT2D eigenvalue weighted by molar-refractivity contribution is 9.10. The first-order chi connectivity index (χ1) is 12.1. The number of amides is 1. The molecular weight excluding hydrogens is 380 g/mol. The minimum absolute atomic E-state index is 0.0267. The first kappa shape index (κ1) is 17.5. The van der Waals surface area contributed by atoms with Crippen molar-refractivity contribution in [2.75, 3.05) is 13.7 Å². The Kier molecular flexibility index (Phi) is 5.43. The topological polar surface area (TPSA) is 54.1 Å². The number of ether oxygens (including phenoxy) is 1. The summed E-state index contributed by atoms with van der Waals surface area (Å²) in [4.78, 5) is 15.7. The normalized spacial score (nSPS) is 10.8. The second-order valence-electron chi connectivity index (χ2n) is 6.01. The summed E-state index contributed by atoms with van der Waals surface area (Å²) in [6, 6.07) is 13.9. The van der Waals surface area contributed by atoms with Crippen molar-refractivity contribution in [1.82, 2.24) is 10.3 Å². The molecule has 0 fully saturated rings. The molecule has 0 atom stereocenters. The first-order valence-electron chi connectivity index (χ1n) is 8.24. The molecule has 2 aromatic carbocycles. The maximum Gasteiger partial charge on any atom is 0.224 e. The minimum atomic E-state index is 0.0267. The van der Waals surface area contributed by atoms with Gasteiger partial charge in [-0.15, -0.1) is 0 Å². The van der Waals surface area contributed by atoms with E-state index in [2.05, 4.69) is 32.3 Å². The molecule has 0 bridgehead atoms. The summed E-state index contributed by atoms with van der Waals surface area (Å²) in [5, 5.41) is 4.10. The number of H-pyrrole nitrogens is 1. The molecule has 0 radical (unpaired) electrons. The van der Waals surface area contributed by atoms with Crippen molar-refractivity contribution in [2.45, 2.75) is 19.8 Å². The Balaban J connectivity index is 1.63. The van der Waals surface area contributed by atoms with Gasteiger partial charge >= 0.3 is 0 Å². The molecule has 0 unspecified atom stereocenters. The number of halogens is 1. The number of hydrogen-bond acceptors (Lipinski definition) is 2. The number of carbonyl (C=O) groups excluding carboxylic acids is 1. The average molecular weight is 401 g/mol. The molecule has 0 saturated carbocycles. The molecule has 130 valence electrons. The molecule has 5 heteroatoms. The van der Waals surface area contributed by atoms with Gasteiger partial charge in [-0.2, -0.15) is 0 Å². The van der Waals surface area contributed by atoms with Crippen LogP contribution in [0.1, 0.15) is 16.8 Å². The fourth-order valence-corrected chi connectivity index (χ4v) is 3.41. The molecule has 0 aliphatic carbocycles. The zero-order valence-corrected chi connectivity index (χ0v) is 15.9. The van der Waals surface area contributed by atoms with Crippen LogP contribution in [0.15, 0.2) is 46.9 Å². The fraction of sp³-hybridized carbons (Fsp3) is 0.250. The summed E-state index contributed by atoms with van der Waals surface area (Å²) in [5.41, 5.74) is 4.23. The highest BCUT2D eigenvalue weighted by Gasteiger charge is 2.13. The van der Waals surface area contributed by atoms with E-state index in [0.29, 0.717) is 13.0 Å². The SMILES string of the molecule is COc1ccccc1CCNC(=O)Cc1c(C)[nH]c2ccc(Br)cc12. The van der Waals surface area contributed by atoms with Crippen molar-refractivity contribution in [3.05, 3.63) is 63.8 Å². The predicted molar refractivity (Wildman–Crippen MR) is 104 cm³/mol. The quantitative estimate of drug-likeness (QED) is 0.652. The van der Waals surface area contributed by atoms with Crippen LogP contribution in [0.25, 0.3) is 10.9 Å². The Morgan fingerprint density at radius 2 is 2.04 bits per heavy atom. The number of rotatable bonds is 6. The van der Waals surface area contributed by atoms with Gasteiger partial charge in [-0.1, -0.05) is 34.1 Å². The zero-order valence-electron chi connectivity index (χ0n) is 14.4. The van der Waals surface area contributed by atoms with Crippen LogP contribution in [-0.2, 0) is 17.6 Å². The molecule has 3 aromatic rings. The number of methoxy groups -OCH3 is 1. The Morgan fingerprint density at radius 3 is 2.84 bits per heavy atom. The van der Waals surface area contributed by atoms with Gasteiger partial charge in [-0.25, -0.2) is 0 Å². The number of aryl methyl sites for hydroxylation is 1. The Bertz CT molecular complexity index is 902. The minimum Gasteiger partial charge on any atom is -0.496 e. The van der Waals surface area contributed by atoms with Crippen LogP contribution < -0.4 is 10.1 Å². The molecule has 1 amide bonds. The van der Waals surface area contributed by atoms with Crippen LogP contribution in [0.2, 0.25) is 0 Å². The average Bonchev–Trinajstić information content (AvgIpc) is 2.90. The highest BCUT2D eigenvalue weighted by atomic mass is 79.9. The molecule has 3 rings (SSSR count). The van der Waals surface area contributed by atoms with Crippen molar-refractivity contribution in [2.24, 2.45) is 0 Å². The van der Waals surface area contributed by atoms with Crippen LogP contribution in [0.3, 0.4) is 0 Å². The smallest absolute Gasteiger partial charge is 0.224 e. The lowest BCUT2D eigenvalue weighted by atomic mass is 10.1. The first-order valence-corrected chi connectivity index (χ1v) is 9.03. The van der Waals surface area contributed by atoms with Gasteiger partial charge in [-0.3, -0.25) is 4.79 Å². The lowest BCUT2D eigenvalue weighted by molar-refractivity contribution is -0.120. The number of hydrogen-bond donors (Lipinski definition) is 2. The van der Waals surface area contributed by atoms with Crippen molar-refractivity contribution in [3.8, 4) is 5.75 Å². The van der Waals surface area contributed by atoms with Crippen LogP contribution in [0.5, 0.6) is 5.75 Å². The summed E-state index contributed by atoms with van der Waals surface area (Å²) < 4.78 is 6.35. The van der Waals surface area contributed by atoms with E-state index in [-0.39, 0.29) is 5.91 Å². The van der Waals surface area contributed by atoms with Gasteiger partial charge in [0.2, 0.25) is 5.91 Å². The van der Waals surface area contributed by atoms with Crippen LogP contribution >= 0.6 is 15.9 Å². The molecule has 1 aromatic heterocycles. The number of para-hydroxylation sites is 1. The zero-order chi connectivity index (χ0) is 17.8. The van der Waals surface area contributed by atoms with E-state index >= 15 is 0 Å². The monoisotopic (exact) mass is 400 g/mol. The molecule has 2 N–H and O–H groups in total. The molecule has 1 heterocycles. The number of aromatic amines is 1. The highest BCUT2D eigenvalue weighted by Crippen LogP contribution is 2.26. The van der Waals surface area contributed by atoms with E-state index in [1.807, 2.05) is 43.3 Å². The van der Waals surface area contributed by atoms with E-state index in [1.54, 1.807) is 7.11 Å². The molecule has 4 nitrogen and oxygen atoms in total. The molecule has 25 heavy (non-hydrogen) atoms. The molecule has 0 aliphatic heterocycles. The lowest BCUT2D eigenvalue weighted by Gasteiger charge is -2.09. The predicted octanol–water partition coefficient (Wildman–Crippen LogP) is 4.15. The third-order valence-electron chi connectivity index (χ3n) is 4.33. The van der Waals surface area contributed by atoms with Gasteiger partial charge in [0, 0.05) is 27.6 Å². The van der Waals surface area contributed by atoms with E-state index in [1.165, 1.54) is 0 Å². The number of nitrogens with one attached hydrogen (secondary N) is 2. The third kappa shape index (κ3) is 4.04. The summed E-state index contributed by atoms with van der Waals surface area (Å²) in [5.74, 6) is 0.882. The number of fused-ring (bicyclic) bond motifs is 1. The number of carbonyl (C=O) groups is 1. The van der Waals surface area contributed by atoms with Crippen molar-refractivity contribution >= 4 is 32.7 Å². The van der Waals surface area contributed by atoms with E-state index in [9.17, 15) is 4.79 Å². The van der Waals surface area contributed by atoms with Gasteiger partial charge in [0.1, 0.15) is 5.75 Å². The van der Waals surface area contributed by atoms with Gasteiger partial charge in [0.15, 0.2) is 0 Å². The molecule has 0 aliphatic rings. The fourth-order valence-electron chi connectivity index (χ4n) is 3.05. The van der Waals surface area contributed by atoms with Gasteiger partial charge < -0.3 is 15.0 Å².